The lowest BCUT2D eigenvalue weighted by molar-refractivity contribution is -0.139. The molecule has 13 aromatic rings. The highest BCUT2D eigenvalue weighted by Gasteiger charge is 2.39. The number of nitriles is 1. The second-order valence-corrected chi connectivity index (χ2v) is 26.2. The second-order valence-electron chi connectivity index (χ2n) is 26.2. The van der Waals surface area contributed by atoms with Gasteiger partial charge in [0.15, 0.2) is 12.5 Å². The molecule has 133 heavy (non-hydrogen) atoms. The van der Waals surface area contributed by atoms with Gasteiger partial charge in [-0.05, 0) is 121 Å². The van der Waals surface area contributed by atoms with Crippen molar-refractivity contribution in [1.29, 1.82) is 5.26 Å². The maximum Gasteiger partial charge on any atom is 0.421 e. The summed E-state index contributed by atoms with van der Waals surface area (Å²) in [6.45, 7) is -0.530. The summed E-state index contributed by atoms with van der Waals surface area (Å²) >= 11 is 0. The van der Waals surface area contributed by atoms with Crippen molar-refractivity contribution < 1.29 is 158 Å². The monoisotopic (exact) mass is 1890 g/mol. The van der Waals surface area contributed by atoms with Gasteiger partial charge in [-0.25, -0.2) is 82.2 Å². The van der Waals surface area contributed by atoms with Crippen molar-refractivity contribution in [2.45, 2.75) is 51.3 Å². The maximum absolute atomic E-state index is 14.3. The van der Waals surface area contributed by atoms with Crippen molar-refractivity contribution in [1.82, 2.24) is 34.8 Å². The quantitative estimate of drug-likeness (QED) is 0.00972. The Balaban J connectivity index is 0.000000194. The van der Waals surface area contributed by atoms with Crippen LogP contribution in [-0.4, -0.2) is 71.7 Å². The van der Waals surface area contributed by atoms with Crippen LogP contribution in [0.15, 0.2) is 199 Å². The van der Waals surface area contributed by atoms with Crippen LogP contribution in [0.3, 0.4) is 0 Å². The SMILES string of the molecule is CC(=O)Nc1nc(=O)c2cc(Oc3ncccc3C(F)(F)F)ccc2n1Cc1c(F)cc(F)cc1F.COC(=O)c1cc(Oc2ncccc2C(F)(F)F)ccc1N.N#CNC(=O)c1cc(Oc2ncccc2C(F)(F)F)ccc1NCc1c(F)cc(F)cc1F.O=C(O)c1cc(Oc2ncccc2C(F)(F)F)ccc1NCc1c(F)cc(F)cc1F.O=Cc1c(F)cc(F)cc1F. The van der Waals surface area contributed by atoms with E-state index in [1.165, 1.54) is 54.9 Å². The number of halogens is 24. The fourth-order valence-corrected chi connectivity index (χ4v) is 11.2. The Bertz CT molecular complexity index is 6570. The number of benzene rings is 8. The van der Waals surface area contributed by atoms with Gasteiger partial charge in [0.05, 0.1) is 46.8 Å². The number of nitrogens with two attached hydrogens (primary N) is 1. The molecule has 0 unspecified atom stereocenters. The number of hydrogen-bond acceptors (Lipinski definition) is 20. The normalized spacial score (nSPS) is 11.1. The molecule has 0 atom stereocenters. The number of nitrogens with zero attached hydrogens (tertiary/aromatic N) is 7. The summed E-state index contributed by atoms with van der Waals surface area (Å²) in [5.74, 6) is -21.7. The summed E-state index contributed by atoms with van der Waals surface area (Å²) in [7, 11) is 1.16. The topological polar surface area (TPSA) is 336 Å². The third-order valence-electron chi connectivity index (χ3n) is 17.2. The van der Waals surface area contributed by atoms with Gasteiger partial charge in [0.2, 0.25) is 35.4 Å². The Morgan fingerprint density at radius 1 is 0.466 bits per heavy atom. The molecule has 0 aliphatic heterocycles. The van der Waals surface area contributed by atoms with Gasteiger partial charge < -0.3 is 49.7 Å². The largest absolute Gasteiger partial charge is 0.478 e. The number of aldehydes is 1. The molecular formula is C85H52F24N12O12. The number of methoxy groups -OCH3 is 1. The third-order valence-corrected chi connectivity index (χ3v) is 17.2. The smallest absolute Gasteiger partial charge is 0.421 e. The van der Waals surface area contributed by atoms with Crippen molar-refractivity contribution in [3.05, 3.63) is 336 Å². The number of fused-ring (bicyclic) bond motifs is 1. The molecule has 0 saturated carbocycles. The van der Waals surface area contributed by atoms with Gasteiger partial charge >= 0.3 is 36.6 Å². The number of carbonyl (C=O) groups excluding carboxylic acids is 4. The molecule has 0 radical (unpaired) electrons. The zero-order chi connectivity index (χ0) is 97.9. The highest BCUT2D eigenvalue weighted by molar-refractivity contribution is 6.01. The lowest BCUT2D eigenvalue weighted by atomic mass is 10.1. The molecule has 0 aliphatic carbocycles. The summed E-state index contributed by atoms with van der Waals surface area (Å²) in [6.07, 6.45) is -13.1. The number of esters is 1. The van der Waals surface area contributed by atoms with E-state index in [2.05, 4.69) is 45.6 Å². The molecular weight excluding hydrogens is 1840 g/mol. The highest BCUT2D eigenvalue weighted by Crippen LogP contribution is 2.43. The number of carboxylic acids is 1. The van der Waals surface area contributed by atoms with Gasteiger partial charge in [-0.15, -0.1) is 0 Å². The van der Waals surface area contributed by atoms with E-state index >= 15 is 0 Å². The molecule has 13 rings (SSSR count). The van der Waals surface area contributed by atoms with Gasteiger partial charge in [-0.3, -0.25) is 29.8 Å². The Morgan fingerprint density at radius 3 is 1.16 bits per heavy atom. The molecule has 48 heteroatoms. The number of anilines is 4. The number of carbonyl (C=O) groups is 5. The summed E-state index contributed by atoms with van der Waals surface area (Å²) < 4.78 is 344. The number of aromatic nitrogens is 6. The molecule has 24 nitrogen and oxygen atoms in total. The van der Waals surface area contributed by atoms with Crippen LogP contribution in [0, 0.1) is 81.3 Å². The summed E-state index contributed by atoms with van der Waals surface area (Å²) in [6, 6.07) is 25.2. The highest BCUT2D eigenvalue weighted by atomic mass is 19.4. The first-order valence-corrected chi connectivity index (χ1v) is 36.4. The summed E-state index contributed by atoms with van der Waals surface area (Å²) in [5.41, 5.74) is -2.89. The van der Waals surface area contributed by atoms with E-state index < -0.39 is 217 Å². The second kappa shape index (κ2) is 43.0. The number of amides is 2. The van der Waals surface area contributed by atoms with Crippen LogP contribution in [0.4, 0.5) is 128 Å². The molecule has 2 amide bonds. The van der Waals surface area contributed by atoms with Crippen LogP contribution in [0.1, 0.15) is 87.3 Å². The Morgan fingerprint density at radius 2 is 0.805 bits per heavy atom. The first-order valence-electron chi connectivity index (χ1n) is 36.4. The zero-order valence-corrected chi connectivity index (χ0v) is 66.4. The van der Waals surface area contributed by atoms with Gasteiger partial charge in [0.25, 0.3) is 11.5 Å². The van der Waals surface area contributed by atoms with Crippen LogP contribution in [0.2, 0.25) is 0 Å². The fourth-order valence-electron chi connectivity index (χ4n) is 11.2. The first-order chi connectivity index (χ1) is 62.6. The molecule has 0 spiro atoms. The van der Waals surface area contributed by atoms with Gasteiger partial charge in [-0.2, -0.15) is 62.9 Å². The van der Waals surface area contributed by atoms with Gasteiger partial charge in [-0.1, -0.05) is 0 Å². The summed E-state index contributed by atoms with van der Waals surface area (Å²) in [4.78, 5) is 87.5. The average molecular weight is 1890 g/mol. The molecule has 5 heterocycles. The number of ether oxygens (including phenoxy) is 5. The van der Waals surface area contributed by atoms with Crippen LogP contribution >= 0.6 is 0 Å². The number of aromatic carboxylic acids is 1. The fraction of sp³-hybridized carbons (Fsp3) is 0.106. The van der Waals surface area contributed by atoms with Gasteiger partial charge in [0, 0.05) is 127 Å². The molecule has 0 bridgehead atoms. The van der Waals surface area contributed by atoms with E-state index in [9.17, 15) is 139 Å². The van der Waals surface area contributed by atoms with E-state index in [0.717, 1.165) is 116 Å². The Labute approximate surface area is 728 Å². The number of alkyl halides is 12. The third kappa shape index (κ3) is 26.6. The minimum Gasteiger partial charge on any atom is -0.478 e. The molecule has 8 aromatic carbocycles. The number of carboxylic acid groups (broad SMARTS) is 1. The Hall–Kier alpha value is -16.5. The number of rotatable bonds is 21. The van der Waals surface area contributed by atoms with Crippen molar-refractivity contribution in [3.8, 4) is 52.7 Å². The van der Waals surface area contributed by atoms with E-state index in [-0.39, 0.29) is 74.3 Å². The maximum atomic E-state index is 14.3. The first kappa shape index (κ1) is 100. The van der Waals surface area contributed by atoms with Crippen molar-refractivity contribution >= 4 is 64.0 Å². The van der Waals surface area contributed by atoms with Gasteiger partial charge in [0.1, 0.15) is 115 Å². The van der Waals surface area contributed by atoms with Crippen LogP contribution in [0.5, 0.6) is 46.5 Å². The lowest BCUT2D eigenvalue weighted by Gasteiger charge is -2.17. The standard InChI is InChI=1S/C23H14F6N4O3.C21H12F6N4O2.C20H12F6N2O3.C14H11F3N2O3.C7H3F3O/c1-11(34)31-22-32-20(35)14-9-13(36-21-16(23(27,28)29)3-2-6-30-21)4-5-19(14)33(22)10-15-17(25)7-12(24)8-18(15)26;22-11-6-16(23)14(17(24)7-11)9-30-18-4-3-12(8-13(18)19(32)31-10-28)33-20-15(21(25,26)27)2-1-5-29-20;21-10-6-15(22)13(16(23)7-10)9-28-17-4-3-11(8-12(17)19(29)30)31-18-14(20(24,25)26)2-1-5-27-18;1-21-13(20)9-7-8(4-5-11(9)18)22-12-10(14(15,16)17)3-2-6-19-12;8-4-1-6(9)5(3-11)7(10)2-4/h2-9H,10H2,1H3,(H,31,32,34,35);1-8,30H,9H2,(H,31,32);1-8,28H,9H2,(H,29,30);2-7H,18H2,1H3;1-3H. The number of nitrogen functional groups attached to an aromatic ring is 1. The van der Waals surface area contributed by atoms with E-state index in [1.54, 1.807) is 0 Å². The van der Waals surface area contributed by atoms with E-state index in [1.807, 2.05) is 5.32 Å². The average Bonchev–Trinajstić information content (AvgIpc) is 0.764. The summed E-state index contributed by atoms with van der Waals surface area (Å²) in [5, 5.41) is 27.1. The van der Waals surface area contributed by atoms with Crippen molar-refractivity contribution in [2.75, 3.05) is 28.8 Å². The number of hydrogen-bond donors (Lipinski definition) is 6. The van der Waals surface area contributed by atoms with E-state index in [0.29, 0.717) is 48.5 Å². The van der Waals surface area contributed by atoms with Crippen LogP contribution in [-0.2, 0) is 53.9 Å². The predicted octanol–water partition coefficient (Wildman–Crippen LogP) is 21.0. The zero-order valence-electron chi connectivity index (χ0n) is 66.4. The number of nitrogens with one attached hydrogen (secondary N) is 4. The van der Waals surface area contributed by atoms with E-state index in [4.69, 9.17) is 29.9 Å². The Kier molecular flexibility index (Phi) is 32.4. The molecule has 7 N–H and O–H groups in total. The van der Waals surface area contributed by atoms with Crippen LogP contribution in [0.25, 0.3) is 10.9 Å². The predicted molar refractivity (Wildman–Crippen MR) is 417 cm³/mol. The van der Waals surface area contributed by atoms with Crippen molar-refractivity contribution in [3.63, 3.8) is 0 Å². The minimum absolute atomic E-state index is 0.00407. The number of pyridine rings is 4. The molecule has 5 aromatic heterocycles. The lowest BCUT2D eigenvalue weighted by Crippen LogP contribution is -2.22. The molecule has 0 fully saturated rings. The molecule has 0 aliphatic rings. The minimum atomic E-state index is -4.76. The van der Waals surface area contributed by atoms with Crippen molar-refractivity contribution in [2.24, 2.45) is 0 Å². The molecule has 0 saturated heterocycles. The molecule has 692 valence electrons. The van der Waals surface area contributed by atoms with Crippen LogP contribution < -0.4 is 51.5 Å².